The Labute approximate surface area is 163 Å². The molecule has 1 saturated carbocycles. The summed E-state index contributed by atoms with van der Waals surface area (Å²) in [5.41, 5.74) is 0.213. The number of para-hydroxylation sites is 1. The van der Waals surface area contributed by atoms with Crippen LogP contribution in [0.4, 0.5) is 4.39 Å². The van der Waals surface area contributed by atoms with Crippen LogP contribution >= 0.6 is 0 Å². The normalized spacial score (nSPS) is 24.3. The number of nitrogens with one attached hydrogen (secondary N) is 1. The van der Waals surface area contributed by atoms with Gasteiger partial charge in [-0.15, -0.1) is 0 Å². The molecule has 1 amide bonds. The Morgan fingerprint density at radius 3 is 2.68 bits per heavy atom. The standard InChI is InChI=1S/C21H25FN2O4/c1-24(10-11-25)19-17(23-21(27)14-6-5-7-15(22)12-14)13-18(20(19)26)28-16-8-3-2-4-9-16/h2-9,12,17-20,25-26H,10-11,13H2,1H3,(H,23,27)/t17-,18-,19+,20+/m1/s1. The van der Waals surface area contributed by atoms with Gasteiger partial charge in [0.15, 0.2) is 0 Å². The lowest BCUT2D eigenvalue weighted by atomic mass is 10.1. The highest BCUT2D eigenvalue weighted by Gasteiger charge is 2.46. The number of ether oxygens (including phenoxy) is 1. The molecule has 7 heteroatoms. The Morgan fingerprint density at radius 2 is 2.00 bits per heavy atom. The smallest absolute Gasteiger partial charge is 0.251 e. The molecule has 0 aromatic heterocycles. The van der Waals surface area contributed by atoms with Gasteiger partial charge in [0.05, 0.1) is 18.7 Å². The predicted molar refractivity (Wildman–Crippen MR) is 103 cm³/mol. The average molecular weight is 388 g/mol. The van der Waals surface area contributed by atoms with Gasteiger partial charge < -0.3 is 20.3 Å². The fourth-order valence-electron chi connectivity index (χ4n) is 3.68. The summed E-state index contributed by atoms with van der Waals surface area (Å²) in [4.78, 5) is 14.4. The number of halogens is 1. The SMILES string of the molecule is CN(CCO)[C@@H]1[C@@H](O)[C@H](Oc2ccccc2)C[C@H]1NC(=O)c1cccc(F)c1. The second kappa shape index (κ2) is 9.14. The molecule has 28 heavy (non-hydrogen) atoms. The van der Waals surface area contributed by atoms with E-state index in [1.807, 2.05) is 18.2 Å². The minimum Gasteiger partial charge on any atom is -0.488 e. The van der Waals surface area contributed by atoms with Crippen LogP contribution in [0.2, 0.25) is 0 Å². The van der Waals surface area contributed by atoms with E-state index in [9.17, 15) is 19.4 Å². The van der Waals surface area contributed by atoms with E-state index in [0.29, 0.717) is 18.7 Å². The highest BCUT2D eigenvalue weighted by atomic mass is 19.1. The van der Waals surface area contributed by atoms with Crippen molar-refractivity contribution in [1.82, 2.24) is 10.2 Å². The van der Waals surface area contributed by atoms with Gasteiger partial charge in [-0.2, -0.15) is 0 Å². The van der Waals surface area contributed by atoms with Crippen LogP contribution in [-0.4, -0.2) is 65.5 Å². The van der Waals surface area contributed by atoms with Crippen molar-refractivity contribution in [2.75, 3.05) is 20.2 Å². The van der Waals surface area contributed by atoms with E-state index in [4.69, 9.17) is 4.74 Å². The summed E-state index contributed by atoms with van der Waals surface area (Å²) in [6.45, 7) is 0.264. The van der Waals surface area contributed by atoms with Crippen LogP contribution in [0.1, 0.15) is 16.8 Å². The zero-order valence-electron chi connectivity index (χ0n) is 15.7. The topological polar surface area (TPSA) is 82.0 Å². The first-order valence-corrected chi connectivity index (χ1v) is 9.27. The van der Waals surface area contributed by atoms with Gasteiger partial charge in [-0.05, 0) is 37.4 Å². The summed E-state index contributed by atoms with van der Waals surface area (Å²) in [6, 6.07) is 13.8. The first-order valence-electron chi connectivity index (χ1n) is 9.27. The fraction of sp³-hybridized carbons (Fsp3) is 0.381. The molecular weight excluding hydrogens is 363 g/mol. The number of rotatable bonds is 7. The summed E-state index contributed by atoms with van der Waals surface area (Å²) in [7, 11) is 1.77. The van der Waals surface area contributed by atoms with Crippen LogP contribution in [0, 0.1) is 5.82 Å². The van der Waals surface area contributed by atoms with Crippen molar-refractivity contribution in [3.8, 4) is 5.75 Å². The predicted octanol–water partition coefficient (Wildman–Crippen LogP) is 1.43. The summed E-state index contributed by atoms with van der Waals surface area (Å²) in [6.07, 6.45) is -1.00. The quantitative estimate of drug-likeness (QED) is 0.669. The number of hydrogen-bond donors (Lipinski definition) is 3. The molecule has 0 saturated heterocycles. The zero-order chi connectivity index (χ0) is 20.1. The van der Waals surface area contributed by atoms with Gasteiger partial charge in [0.2, 0.25) is 0 Å². The molecule has 0 bridgehead atoms. The number of aliphatic hydroxyl groups is 2. The van der Waals surface area contributed by atoms with Crippen molar-refractivity contribution in [3.05, 3.63) is 66.0 Å². The molecule has 2 aromatic carbocycles. The van der Waals surface area contributed by atoms with Crippen molar-refractivity contribution in [1.29, 1.82) is 0 Å². The summed E-state index contributed by atoms with van der Waals surface area (Å²) in [5.74, 6) is -0.273. The monoisotopic (exact) mass is 388 g/mol. The lowest BCUT2D eigenvalue weighted by molar-refractivity contribution is 0.0110. The maximum atomic E-state index is 13.4. The van der Waals surface area contributed by atoms with Crippen molar-refractivity contribution >= 4 is 5.91 Å². The molecule has 4 atom stereocenters. The average Bonchev–Trinajstić information content (AvgIpc) is 2.97. The molecular formula is C21H25FN2O4. The molecule has 1 aliphatic rings. The third-order valence-electron chi connectivity index (χ3n) is 5.02. The van der Waals surface area contributed by atoms with Crippen molar-refractivity contribution in [2.24, 2.45) is 0 Å². The van der Waals surface area contributed by atoms with Crippen LogP contribution in [0.15, 0.2) is 54.6 Å². The Bertz CT molecular complexity index is 789. The highest BCUT2D eigenvalue weighted by molar-refractivity contribution is 5.94. The van der Waals surface area contributed by atoms with E-state index in [-0.39, 0.29) is 12.2 Å². The number of carbonyl (C=O) groups excluding carboxylic acids is 1. The Morgan fingerprint density at radius 1 is 1.25 bits per heavy atom. The lowest BCUT2D eigenvalue weighted by Gasteiger charge is -2.31. The molecule has 3 rings (SSSR count). The summed E-state index contributed by atoms with van der Waals surface area (Å²) < 4.78 is 19.4. The lowest BCUT2D eigenvalue weighted by Crippen LogP contribution is -2.52. The van der Waals surface area contributed by atoms with Gasteiger partial charge >= 0.3 is 0 Å². The number of amides is 1. The summed E-state index contributed by atoms with van der Waals surface area (Å²) in [5, 5.41) is 23.0. The van der Waals surface area contributed by atoms with Crippen LogP contribution in [0.3, 0.4) is 0 Å². The van der Waals surface area contributed by atoms with E-state index < -0.39 is 36.0 Å². The first-order chi connectivity index (χ1) is 13.5. The maximum Gasteiger partial charge on any atom is 0.251 e. The van der Waals surface area contributed by atoms with E-state index in [1.54, 1.807) is 24.1 Å². The molecule has 3 N–H and O–H groups in total. The van der Waals surface area contributed by atoms with E-state index in [0.717, 1.165) is 0 Å². The van der Waals surface area contributed by atoms with Crippen molar-refractivity contribution < 1.29 is 24.1 Å². The van der Waals surface area contributed by atoms with Gasteiger partial charge in [-0.25, -0.2) is 4.39 Å². The Balaban J connectivity index is 1.77. The van der Waals surface area contributed by atoms with Crippen LogP contribution in [0.25, 0.3) is 0 Å². The molecule has 0 radical (unpaired) electrons. The molecule has 6 nitrogen and oxygen atoms in total. The van der Waals surface area contributed by atoms with Crippen molar-refractivity contribution in [2.45, 2.75) is 30.7 Å². The Hall–Kier alpha value is -2.48. The molecule has 0 spiro atoms. The van der Waals surface area contributed by atoms with E-state index in [1.165, 1.54) is 24.3 Å². The third kappa shape index (κ3) is 4.67. The van der Waals surface area contributed by atoms with Gasteiger partial charge in [-0.3, -0.25) is 9.69 Å². The minimum absolute atomic E-state index is 0.0749. The number of likely N-dealkylation sites (N-methyl/N-ethyl adjacent to an activating group) is 1. The number of nitrogens with zero attached hydrogens (tertiary/aromatic N) is 1. The molecule has 150 valence electrons. The van der Waals surface area contributed by atoms with Crippen LogP contribution in [0.5, 0.6) is 5.75 Å². The minimum atomic E-state index is -0.866. The molecule has 1 fully saturated rings. The zero-order valence-corrected chi connectivity index (χ0v) is 15.7. The van der Waals surface area contributed by atoms with Gasteiger partial charge in [0, 0.05) is 18.5 Å². The second-order valence-corrected chi connectivity index (χ2v) is 6.98. The molecule has 0 unspecified atom stereocenters. The number of benzene rings is 2. The number of hydrogen-bond acceptors (Lipinski definition) is 5. The second-order valence-electron chi connectivity index (χ2n) is 6.98. The molecule has 1 aliphatic carbocycles. The molecule has 2 aromatic rings. The van der Waals surface area contributed by atoms with Gasteiger partial charge in [0.1, 0.15) is 23.8 Å². The third-order valence-corrected chi connectivity index (χ3v) is 5.02. The maximum absolute atomic E-state index is 13.4. The van der Waals surface area contributed by atoms with Crippen molar-refractivity contribution in [3.63, 3.8) is 0 Å². The fourth-order valence-corrected chi connectivity index (χ4v) is 3.68. The largest absolute Gasteiger partial charge is 0.488 e. The highest BCUT2D eigenvalue weighted by Crippen LogP contribution is 2.29. The Kier molecular flexibility index (Phi) is 6.61. The first kappa shape index (κ1) is 20.3. The molecule has 0 heterocycles. The van der Waals surface area contributed by atoms with Gasteiger partial charge in [0.25, 0.3) is 5.91 Å². The number of carbonyl (C=O) groups is 1. The van der Waals surface area contributed by atoms with E-state index >= 15 is 0 Å². The number of aliphatic hydroxyl groups excluding tert-OH is 2. The van der Waals surface area contributed by atoms with Crippen LogP contribution < -0.4 is 10.1 Å². The van der Waals surface area contributed by atoms with Gasteiger partial charge in [-0.1, -0.05) is 24.3 Å². The van der Waals surface area contributed by atoms with Crippen LogP contribution in [-0.2, 0) is 0 Å². The molecule has 0 aliphatic heterocycles. The van der Waals surface area contributed by atoms with E-state index in [2.05, 4.69) is 5.32 Å². The summed E-state index contributed by atoms with van der Waals surface area (Å²) >= 11 is 0.